The SMILES string of the molecule is CCN(CCO)C(=O)NC(C)COC. The van der Waals surface area contributed by atoms with Gasteiger partial charge < -0.3 is 20.1 Å². The normalized spacial score (nSPS) is 12.3. The molecule has 0 aromatic heterocycles. The van der Waals surface area contributed by atoms with Gasteiger partial charge in [-0.15, -0.1) is 0 Å². The molecule has 0 fully saturated rings. The van der Waals surface area contributed by atoms with Gasteiger partial charge in [0.2, 0.25) is 0 Å². The van der Waals surface area contributed by atoms with Crippen LogP contribution in [0.3, 0.4) is 0 Å². The highest BCUT2D eigenvalue weighted by Gasteiger charge is 2.12. The number of likely N-dealkylation sites (N-methyl/N-ethyl adjacent to an activating group) is 1. The van der Waals surface area contributed by atoms with Gasteiger partial charge in [-0.05, 0) is 13.8 Å². The van der Waals surface area contributed by atoms with E-state index in [1.807, 2.05) is 13.8 Å². The summed E-state index contributed by atoms with van der Waals surface area (Å²) in [7, 11) is 1.59. The van der Waals surface area contributed by atoms with Gasteiger partial charge in [-0.1, -0.05) is 0 Å². The predicted octanol–water partition coefficient (Wildman–Crippen LogP) is 0.0451. The number of amides is 2. The van der Waals surface area contributed by atoms with Crippen molar-refractivity contribution in [3.05, 3.63) is 0 Å². The average Bonchev–Trinajstić information content (AvgIpc) is 2.14. The molecule has 2 amide bonds. The Morgan fingerprint density at radius 1 is 1.64 bits per heavy atom. The summed E-state index contributed by atoms with van der Waals surface area (Å²) in [5.41, 5.74) is 0. The van der Waals surface area contributed by atoms with E-state index in [4.69, 9.17) is 9.84 Å². The van der Waals surface area contributed by atoms with E-state index in [0.29, 0.717) is 19.7 Å². The van der Waals surface area contributed by atoms with Gasteiger partial charge in [0, 0.05) is 20.2 Å². The van der Waals surface area contributed by atoms with Crippen molar-refractivity contribution >= 4 is 6.03 Å². The van der Waals surface area contributed by atoms with Gasteiger partial charge in [-0.25, -0.2) is 4.79 Å². The van der Waals surface area contributed by atoms with Crippen molar-refractivity contribution in [1.82, 2.24) is 10.2 Å². The fraction of sp³-hybridized carbons (Fsp3) is 0.889. The number of aliphatic hydroxyl groups excluding tert-OH is 1. The van der Waals surface area contributed by atoms with Gasteiger partial charge in [0.05, 0.1) is 19.3 Å². The second-order valence-electron chi connectivity index (χ2n) is 3.11. The van der Waals surface area contributed by atoms with Crippen LogP contribution in [-0.2, 0) is 4.74 Å². The van der Waals surface area contributed by atoms with Crippen LogP contribution >= 0.6 is 0 Å². The third-order valence-electron chi connectivity index (χ3n) is 1.83. The maximum absolute atomic E-state index is 11.5. The number of hydrogen-bond donors (Lipinski definition) is 2. The number of nitrogens with zero attached hydrogens (tertiary/aromatic N) is 1. The van der Waals surface area contributed by atoms with Crippen molar-refractivity contribution in [2.45, 2.75) is 19.9 Å². The molecule has 0 spiro atoms. The van der Waals surface area contributed by atoms with Crippen molar-refractivity contribution in [2.24, 2.45) is 0 Å². The molecule has 1 unspecified atom stereocenters. The largest absolute Gasteiger partial charge is 0.395 e. The number of aliphatic hydroxyl groups is 1. The summed E-state index contributed by atoms with van der Waals surface area (Å²) in [6.07, 6.45) is 0. The number of methoxy groups -OCH3 is 1. The lowest BCUT2D eigenvalue weighted by Crippen LogP contribution is -2.46. The number of carbonyl (C=O) groups is 1. The zero-order valence-electron chi connectivity index (χ0n) is 9.12. The molecule has 2 N–H and O–H groups in total. The summed E-state index contributed by atoms with van der Waals surface area (Å²) >= 11 is 0. The van der Waals surface area contributed by atoms with Crippen molar-refractivity contribution in [3.63, 3.8) is 0 Å². The lowest BCUT2D eigenvalue weighted by molar-refractivity contribution is 0.153. The van der Waals surface area contributed by atoms with Crippen LogP contribution in [0.2, 0.25) is 0 Å². The Morgan fingerprint density at radius 3 is 2.71 bits per heavy atom. The summed E-state index contributed by atoms with van der Waals surface area (Å²) in [5.74, 6) is 0. The predicted molar refractivity (Wildman–Crippen MR) is 54.2 cm³/mol. The first-order valence-electron chi connectivity index (χ1n) is 4.80. The minimum absolute atomic E-state index is 0.0137. The summed E-state index contributed by atoms with van der Waals surface area (Å²) in [5, 5.41) is 11.5. The molecule has 5 heteroatoms. The average molecular weight is 204 g/mol. The number of nitrogens with one attached hydrogen (secondary N) is 1. The highest BCUT2D eigenvalue weighted by atomic mass is 16.5. The van der Waals surface area contributed by atoms with Crippen molar-refractivity contribution in [2.75, 3.05) is 33.4 Å². The molecule has 14 heavy (non-hydrogen) atoms. The Morgan fingerprint density at radius 2 is 2.29 bits per heavy atom. The molecular formula is C9H20N2O3. The topological polar surface area (TPSA) is 61.8 Å². The number of urea groups is 1. The third-order valence-corrected chi connectivity index (χ3v) is 1.83. The van der Waals surface area contributed by atoms with Crippen LogP contribution in [0.15, 0.2) is 0 Å². The monoisotopic (exact) mass is 204 g/mol. The van der Waals surface area contributed by atoms with Gasteiger partial charge in [0.15, 0.2) is 0 Å². The van der Waals surface area contributed by atoms with E-state index in [-0.39, 0.29) is 18.7 Å². The van der Waals surface area contributed by atoms with Crippen LogP contribution in [0.25, 0.3) is 0 Å². The van der Waals surface area contributed by atoms with E-state index < -0.39 is 0 Å². The van der Waals surface area contributed by atoms with Crippen LogP contribution in [0.4, 0.5) is 4.79 Å². The molecule has 0 rings (SSSR count). The first-order valence-corrected chi connectivity index (χ1v) is 4.80. The molecule has 0 aliphatic heterocycles. The molecule has 0 saturated carbocycles. The molecule has 5 nitrogen and oxygen atoms in total. The van der Waals surface area contributed by atoms with Gasteiger partial charge >= 0.3 is 6.03 Å². The van der Waals surface area contributed by atoms with E-state index in [1.165, 1.54) is 0 Å². The minimum Gasteiger partial charge on any atom is -0.395 e. The maximum Gasteiger partial charge on any atom is 0.317 e. The first-order chi connectivity index (χ1) is 6.65. The third kappa shape index (κ3) is 5.04. The molecule has 0 aliphatic rings. The van der Waals surface area contributed by atoms with Crippen molar-refractivity contribution in [3.8, 4) is 0 Å². The van der Waals surface area contributed by atoms with Crippen LogP contribution in [0.5, 0.6) is 0 Å². The highest BCUT2D eigenvalue weighted by Crippen LogP contribution is 1.91. The van der Waals surface area contributed by atoms with E-state index in [0.717, 1.165) is 0 Å². The highest BCUT2D eigenvalue weighted by molar-refractivity contribution is 5.74. The number of ether oxygens (including phenoxy) is 1. The van der Waals surface area contributed by atoms with E-state index in [2.05, 4.69) is 5.32 Å². The molecule has 0 radical (unpaired) electrons. The van der Waals surface area contributed by atoms with E-state index in [1.54, 1.807) is 12.0 Å². The van der Waals surface area contributed by atoms with Gasteiger partial charge in [-0.2, -0.15) is 0 Å². The lowest BCUT2D eigenvalue weighted by Gasteiger charge is -2.22. The summed E-state index contributed by atoms with van der Waals surface area (Å²) < 4.78 is 4.90. The molecule has 0 aromatic rings. The lowest BCUT2D eigenvalue weighted by atomic mass is 10.3. The number of hydrogen-bond acceptors (Lipinski definition) is 3. The van der Waals surface area contributed by atoms with Crippen LogP contribution < -0.4 is 5.32 Å². The Bertz CT molecular complexity index is 164. The Labute approximate surface area is 85.0 Å². The summed E-state index contributed by atoms with van der Waals surface area (Å²) in [6, 6.07) is -0.175. The van der Waals surface area contributed by atoms with Gasteiger partial charge in [0.25, 0.3) is 0 Å². The molecule has 0 heterocycles. The molecular weight excluding hydrogens is 184 g/mol. The summed E-state index contributed by atoms with van der Waals surface area (Å²) in [6.45, 7) is 5.17. The zero-order valence-corrected chi connectivity index (χ0v) is 9.12. The number of carbonyl (C=O) groups excluding carboxylic acids is 1. The molecule has 0 saturated heterocycles. The maximum atomic E-state index is 11.5. The number of rotatable bonds is 6. The van der Waals surface area contributed by atoms with Gasteiger partial charge in [0.1, 0.15) is 0 Å². The molecule has 0 aliphatic carbocycles. The quantitative estimate of drug-likeness (QED) is 0.642. The zero-order chi connectivity index (χ0) is 11.0. The summed E-state index contributed by atoms with van der Waals surface area (Å²) in [4.78, 5) is 13.0. The van der Waals surface area contributed by atoms with E-state index in [9.17, 15) is 4.79 Å². The van der Waals surface area contributed by atoms with Crippen LogP contribution in [-0.4, -0.2) is 55.5 Å². The van der Waals surface area contributed by atoms with Crippen molar-refractivity contribution < 1.29 is 14.6 Å². The second-order valence-corrected chi connectivity index (χ2v) is 3.11. The molecule has 0 aromatic carbocycles. The van der Waals surface area contributed by atoms with E-state index >= 15 is 0 Å². The second kappa shape index (κ2) is 7.58. The smallest absolute Gasteiger partial charge is 0.317 e. The minimum atomic E-state index is -0.161. The van der Waals surface area contributed by atoms with Gasteiger partial charge in [-0.3, -0.25) is 0 Å². The Balaban J connectivity index is 3.90. The standard InChI is InChI=1S/C9H20N2O3/c1-4-11(5-6-12)9(13)10-8(2)7-14-3/h8,12H,4-7H2,1-3H3,(H,10,13). The van der Waals surface area contributed by atoms with Crippen molar-refractivity contribution in [1.29, 1.82) is 0 Å². The first kappa shape index (κ1) is 13.2. The Hall–Kier alpha value is -0.810. The van der Waals surface area contributed by atoms with Crippen LogP contribution in [0, 0.1) is 0 Å². The fourth-order valence-electron chi connectivity index (χ4n) is 1.12. The van der Waals surface area contributed by atoms with Crippen LogP contribution in [0.1, 0.15) is 13.8 Å². The Kier molecular flexibility index (Phi) is 7.14. The fourth-order valence-corrected chi connectivity index (χ4v) is 1.12. The molecule has 84 valence electrons. The molecule has 1 atom stereocenters. The molecule has 0 bridgehead atoms.